The number of benzene rings is 2. The van der Waals surface area contributed by atoms with Gasteiger partial charge < -0.3 is 24.5 Å². The smallest absolute Gasteiger partial charge is 0.227 e. The maximum Gasteiger partial charge on any atom is 0.227 e. The standard InChI is InChI=1S/C20H19N3O3/c1-24-14-9-7-13(8-10-14)23-18(21)16-11-12-26-20(16)22-19(23)15-5-3-4-6-17(15)25-2/h3-12,19H,21H2,1-2H3. The molecule has 6 nitrogen and oxygen atoms in total. The Morgan fingerprint density at radius 2 is 1.77 bits per heavy atom. The number of hydrogen-bond donors (Lipinski definition) is 1. The molecule has 0 bridgehead atoms. The van der Waals surface area contributed by atoms with E-state index in [1.54, 1.807) is 20.5 Å². The van der Waals surface area contributed by atoms with Crippen LogP contribution >= 0.6 is 0 Å². The van der Waals surface area contributed by atoms with Crippen LogP contribution in [0.25, 0.3) is 5.82 Å². The summed E-state index contributed by atoms with van der Waals surface area (Å²) in [5.74, 6) is 2.09. The highest BCUT2D eigenvalue weighted by molar-refractivity contribution is 5.69. The largest absolute Gasteiger partial charge is 0.497 e. The van der Waals surface area contributed by atoms with Crippen LogP contribution in [0.15, 0.2) is 70.3 Å². The molecule has 0 amide bonds. The molecule has 26 heavy (non-hydrogen) atoms. The summed E-state index contributed by atoms with van der Waals surface area (Å²) in [4.78, 5) is 6.75. The number of rotatable bonds is 4. The van der Waals surface area contributed by atoms with Crippen LogP contribution < -0.4 is 30.9 Å². The molecule has 6 heteroatoms. The zero-order valence-corrected chi connectivity index (χ0v) is 14.5. The van der Waals surface area contributed by atoms with Crippen molar-refractivity contribution in [2.24, 2.45) is 10.7 Å². The number of nitrogens with two attached hydrogens (primary N) is 1. The Morgan fingerprint density at radius 3 is 2.50 bits per heavy atom. The molecule has 0 fully saturated rings. The van der Waals surface area contributed by atoms with Crippen molar-refractivity contribution in [3.8, 4) is 11.5 Å². The fourth-order valence-electron chi connectivity index (χ4n) is 3.14. The summed E-state index contributed by atoms with van der Waals surface area (Å²) in [6, 6.07) is 17.3. The maximum atomic E-state index is 6.51. The van der Waals surface area contributed by atoms with E-state index in [0.717, 1.165) is 28.0 Å². The number of fused-ring (bicyclic) bond motifs is 1. The molecule has 0 saturated carbocycles. The molecule has 1 aliphatic heterocycles. The summed E-state index contributed by atoms with van der Waals surface area (Å²) in [5.41, 5.74) is 8.82. The Hall–Kier alpha value is -3.41. The highest BCUT2D eigenvalue weighted by atomic mass is 16.5. The third-order valence-electron chi connectivity index (χ3n) is 4.43. The highest BCUT2D eigenvalue weighted by Crippen LogP contribution is 2.36. The van der Waals surface area contributed by atoms with E-state index in [-0.39, 0.29) is 0 Å². The number of methoxy groups -OCH3 is 2. The number of furan rings is 1. The molecule has 1 aliphatic rings. The first-order chi connectivity index (χ1) is 12.7. The van der Waals surface area contributed by atoms with Gasteiger partial charge in [-0.05, 0) is 36.4 Å². The van der Waals surface area contributed by atoms with Crippen LogP contribution in [0, 0.1) is 0 Å². The fourth-order valence-corrected chi connectivity index (χ4v) is 3.14. The summed E-state index contributed by atoms with van der Waals surface area (Å²) in [6.07, 6.45) is 1.19. The molecule has 1 atom stereocenters. The van der Waals surface area contributed by atoms with Crippen molar-refractivity contribution in [1.82, 2.24) is 0 Å². The zero-order chi connectivity index (χ0) is 18.1. The van der Waals surface area contributed by atoms with E-state index in [0.29, 0.717) is 11.4 Å². The van der Waals surface area contributed by atoms with Gasteiger partial charge in [0, 0.05) is 11.3 Å². The van der Waals surface area contributed by atoms with Crippen LogP contribution in [0.4, 0.5) is 5.69 Å². The predicted octanol–water partition coefficient (Wildman–Crippen LogP) is 2.16. The molecule has 4 rings (SSSR count). The summed E-state index contributed by atoms with van der Waals surface area (Å²) < 4.78 is 16.3. The van der Waals surface area contributed by atoms with Gasteiger partial charge >= 0.3 is 0 Å². The van der Waals surface area contributed by atoms with Crippen LogP contribution in [0.2, 0.25) is 0 Å². The molecule has 2 heterocycles. The Labute approximate surface area is 150 Å². The van der Waals surface area contributed by atoms with Crippen molar-refractivity contribution in [2.75, 3.05) is 19.1 Å². The van der Waals surface area contributed by atoms with Crippen LogP contribution in [-0.2, 0) is 0 Å². The molecule has 0 aliphatic carbocycles. The lowest BCUT2D eigenvalue weighted by atomic mass is 10.1. The maximum absolute atomic E-state index is 6.51. The van der Waals surface area contributed by atoms with Gasteiger partial charge in [-0.25, -0.2) is 4.99 Å². The Balaban J connectivity index is 1.92. The predicted molar refractivity (Wildman–Crippen MR) is 98.3 cm³/mol. The van der Waals surface area contributed by atoms with E-state index in [9.17, 15) is 0 Å². The van der Waals surface area contributed by atoms with E-state index >= 15 is 0 Å². The highest BCUT2D eigenvalue weighted by Gasteiger charge is 2.29. The third-order valence-corrected chi connectivity index (χ3v) is 4.43. The van der Waals surface area contributed by atoms with E-state index in [1.807, 2.05) is 59.5 Å². The molecule has 0 radical (unpaired) electrons. The summed E-state index contributed by atoms with van der Waals surface area (Å²) in [7, 11) is 3.28. The monoisotopic (exact) mass is 349 g/mol. The lowest BCUT2D eigenvalue weighted by Crippen LogP contribution is -2.43. The van der Waals surface area contributed by atoms with E-state index in [2.05, 4.69) is 0 Å². The van der Waals surface area contributed by atoms with E-state index < -0.39 is 6.17 Å². The number of nitrogens with zero attached hydrogens (tertiary/aromatic N) is 2. The van der Waals surface area contributed by atoms with Crippen molar-refractivity contribution in [1.29, 1.82) is 0 Å². The molecular weight excluding hydrogens is 330 g/mol. The zero-order valence-electron chi connectivity index (χ0n) is 14.5. The molecule has 132 valence electrons. The fraction of sp³-hybridized carbons (Fsp3) is 0.150. The number of hydrogen-bond acceptors (Lipinski definition) is 6. The summed E-state index contributed by atoms with van der Waals surface area (Å²) in [6.45, 7) is 0. The minimum atomic E-state index is -0.404. The minimum Gasteiger partial charge on any atom is -0.497 e. The average molecular weight is 349 g/mol. The van der Waals surface area contributed by atoms with Crippen molar-refractivity contribution in [3.63, 3.8) is 0 Å². The van der Waals surface area contributed by atoms with Crippen molar-refractivity contribution in [3.05, 3.63) is 77.2 Å². The van der Waals surface area contributed by atoms with Crippen LogP contribution in [0.5, 0.6) is 11.5 Å². The van der Waals surface area contributed by atoms with Gasteiger partial charge in [0.15, 0.2) is 6.17 Å². The van der Waals surface area contributed by atoms with Crippen molar-refractivity contribution < 1.29 is 13.9 Å². The Morgan fingerprint density at radius 1 is 1.00 bits per heavy atom. The molecule has 0 saturated heterocycles. The van der Waals surface area contributed by atoms with Crippen LogP contribution in [-0.4, -0.2) is 14.2 Å². The summed E-state index contributed by atoms with van der Waals surface area (Å²) in [5, 5.41) is 0.770. The minimum absolute atomic E-state index is 0.404. The van der Waals surface area contributed by atoms with Gasteiger partial charge in [-0.15, -0.1) is 0 Å². The number of anilines is 1. The number of ether oxygens (including phenoxy) is 2. The van der Waals surface area contributed by atoms with Gasteiger partial charge in [-0.3, -0.25) is 0 Å². The molecule has 1 unspecified atom stereocenters. The quantitative estimate of drug-likeness (QED) is 0.781. The lowest BCUT2D eigenvalue weighted by Gasteiger charge is -2.33. The lowest BCUT2D eigenvalue weighted by molar-refractivity contribution is 0.403. The molecule has 3 aromatic rings. The Kier molecular flexibility index (Phi) is 4.01. The second kappa shape index (κ2) is 6.48. The normalized spacial score (nSPS) is 16.0. The molecule has 2 aromatic carbocycles. The van der Waals surface area contributed by atoms with Gasteiger partial charge in [0.1, 0.15) is 17.3 Å². The van der Waals surface area contributed by atoms with Gasteiger partial charge in [0.2, 0.25) is 5.55 Å². The second-order valence-electron chi connectivity index (χ2n) is 5.84. The SMILES string of the molecule is COc1ccc(N2C(N)=c3ccoc3=NC2c2ccccc2OC)cc1. The van der Waals surface area contributed by atoms with Crippen molar-refractivity contribution in [2.45, 2.75) is 6.17 Å². The average Bonchev–Trinajstić information content (AvgIpc) is 3.17. The van der Waals surface area contributed by atoms with E-state index in [1.165, 1.54) is 0 Å². The van der Waals surface area contributed by atoms with Crippen molar-refractivity contribution >= 4 is 11.5 Å². The van der Waals surface area contributed by atoms with Crippen LogP contribution in [0.3, 0.4) is 0 Å². The first-order valence-corrected chi connectivity index (χ1v) is 8.20. The topological polar surface area (TPSA) is 73.2 Å². The molecule has 1 aromatic heterocycles. The summed E-state index contributed by atoms with van der Waals surface area (Å²) >= 11 is 0. The third kappa shape index (κ3) is 2.56. The van der Waals surface area contributed by atoms with Gasteiger partial charge in [0.25, 0.3) is 0 Å². The number of para-hydroxylation sites is 1. The first kappa shape index (κ1) is 16.1. The Bertz CT molecular complexity index is 1040. The van der Waals surface area contributed by atoms with Gasteiger partial charge in [-0.2, -0.15) is 0 Å². The van der Waals surface area contributed by atoms with Gasteiger partial charge in [0.05, 0.1) is 25.7 Å². The molecule has 0 spiro atoms. The molecule has 2 N–H and O–H groups in total. The van der Waals surface area contributed by atoms with Gasteiger partial charge in [-0.1, -0.05) is 18.2 Å². The van der Waals surface area contributed by atoms with Crippen LogP contribution in [0.1, 0.15) is 11.7 Å². The first-order valence-electron chi connectivity index (χ1n) is 8.20. The second-order valence-corrected chi connectivity index (χ2v) is 5.84. The molecular formula is C20H19N3O3. The van der Waals surface area contributed by atoms with E-state index in [4.69, 9.17) is 24.6 Å².